The van der Waals surface area contributed by atoms with Crippen molar-refractivity contribution < 1.29 is 0 Å². The number of aromatic nitrogens is 4. The SMILES string of the molecule is CCCC(c1nnnn1C(C)(C)C)N1CCN(c2cccc(C)c2C)CC1.Cl. The highest BCUT2D eigenvalue weighted by molar-refractivity contribution is 5.85. The quantitative estimate of drug-likeness (QED) is 0.747. The van der Waals surface area contributed by atoms with Crippen LogP contribution in [0, 0.1) is 13.8 Å². The molecule has 2 aromatic rings. The zero-order chi connectivity index (χ0) is 19.6. The second-order valence-corrected chi connectivity index (χ2v) is 8.67. The monoisotopic (exact) mass is 406 g/mol. The van der Waals surface area contributed by atoms with Crippen LogP contribution in [0.25, 0.3) is 0 Å². The van der Waals surface area contributed by atoms with Crippen LogP contribution in [0.3, 0.4) is 0 Å². The summed E-state index contributed by atoms with van der Waals surface area (Å²) in [6.07, 6.45) is 2.21. The van der Waals surface area contributed by atoms with E-state index >= 15 is 0 Å². The standard InChI is InChI=1S/C21H34N6.ClH/c1-7-9-19(20-22-23-24-27(20)21(4,5)6)26-14-12-25(13-15-26)18-11-8-10-16(2)17(18)3;/h8,10-11,19H,7,9,12-15H2,1-6H3;1H. The predicted octanol–water partition coefficient (Wildman–Crippen LogP) is 4.13. The number of tetrazole rings is 1. The van der Waals surface area contributed by atoms with E-state index in [-0.39, 0.29) is 24.0 Å². The summed E-state index contributed by atoms with van der Waals surface area (Å²) < 4.78 is 2.00. The van der Waals surface area contributed by atoms with Gasteiger partial charge in [0.05, 0.1) is 11.6 Å². The highest BCUT2D eigenvalue weighted by Crippen LogP contribution is 2.30. The van der Waals surface area contributed by atoms with Gasteiger partial charge < -0.3 is 4.90 Å². The average molecular weight is 407 g/mol. The van der Waals surface area contributed by atoms with Crippen molar-refractivity contribution in [1.29, 1.82) is 0 Å². The maximum Gasteiger partial charge on any atom is 0.168 e. The minimum Gasteiger partial charge on any atom is -0.369 e. The fourth-order valence-corrected chi connectivity index (χ4v) is 3.98. The summed E-state index contributed by atoms with van der Waals surface area (Å²) in [5.74, 6) is 1.00. The Morgan fingerprint density at radius 1 is 1.07 bits per heavy atom. The van der Waals surface area contributed by atoms with Crippen LogP contribution >= 0.6 is 12.4 Å². The molecule has 1 fully saturated rings. The maximum atomic E-state index is 4.43. The van der Waals surface area contributed by atoms with E-state index in [1.165, 1.54) is 16.8 Å². The molecule has 1 aromatic carbocycles. The number of nitrogens with zero attached hydrogens (tertiary/aromatic N) is 6. The molecule has 3 rings (SSSR count). The first-order valence-corrected chi connectivity index (χ1v) is 10.2. The van der Waals surface area contributed by atoms with E-state index in [2.05, 4.69) is 85.1 Å². The molecule has 1 atom stereocenters. The van der Waals surface area contributed by atoms with E-state index < -0.39 is 0 Å². The average Bonchev–Trinajstić information content (AvgIpc) is 3.12. The fourth-order valence-electron chi connectivity index (χ4n) is 3.98. The van der Waals surface area contributed by atoms with Crippen LogP contribution in [0.15, 0.2) is 18.2 Å². The van der Waals surface area contributed by atoms with E-state index in [1.807, 2.05) is 4.68 Å². The molecule has 6 nitrogen and oxygen atoms in total. The third-order valence-electron chi connectivity index (χ3n) is 5.66. The lowest BCUT2D eigenvalue weighted by atomic mass is 10.0. The number of aryl methyl sites for hydroxylation is 1. The molecule has 0 radical (unpaired) electrons. The maximum absolute atomic E-state index is 4.43. The van der Waals surface area contributed by atoms with Gasteiger partial charge >= 0.3 is 0 Å². The summed E-state index contributed by atoms with van der Waals surface area (Å²) >= 11 is 0. The van der Waals surface area contributed by atoms with Crippen molar-refractivity contribution in [1.82, 2.24) is 25.1 Å². The number of piperazine rings is 1. The van der Waals surface area contributed by atoms with Crippen LogP contribution in [0.5, 0.6) is 0 Å². The van der Waals surface area contributed by atoms with Crippen molar-refractivity contribution >= 4 is 18.1 Å². The lowest BCUT2D eigenvalue weighted by Crippen LogP contribution is -2.48. The van der Waals surface area contributed by atoms with Crippen molar-refractivity contribution in [3.8, 4) is 0 Å². The van der Waals surface area contributed by atoms with E-state index in [4.69, 9.17) is 0 Å². The lowest BCUT2D eigenvalue weighted by Gasteiger charge is -2.40. The summed E-state index contributed by atoms with van der Waals surface area (Å²) in [6.45, 7) is 17.3. The molecular formula is C21H35ClN6. The van der Waals surface area contributed by atoms with E-state index in [0.29, 0.717) is 0 Å². The number of hydrogen-bond acceptors (Lipinski definition) is 5. The summed E-state index contributed by atoms with van der Waals surface area (Å²) in [6, 6.07) is 6.90. The minimum absolute atomic E-state index is 0. The molecule has 0 saturated carbocycles. The number of benzene rings is 1. The molecular weight excluding hydrogens is 372 g/mol. The third-order valence-corrected chi connectivity index (χ3v) is 5.66. The van der Waals surface area contributed by atoms with Crippen LogP contribution in [0.2, 0.25) is 0 Å². The van der Waals surface area contributed by atoms with Crippen molar-refractivity contribution in [2.45, 2.75) is 66.0 Å². The minimum atomic E-state index is -0.106. The van der Waals surface area contributed by atoms with Crippen molar-refractivity contribution in [2.75, 3.05) is 31.1 Å². The molecule has 0 amide bonds. The van der Waals surface area contributed by atoms with Crippen molar-refractivity contribution in [3.05, 3.63) is 35.2 Å². The molecule has 28 heavy (non-hydrogen) atoms. The Balaban J connectivity index is 0.00000280. The summed E-state index contributed by atoms with van der Waals surface area (Å²) in [5.41, 5.74) is 4.03. The Hall–Kier alpha value is -1.66. The normalized spacial score (nSPS) is 16.7. The number of rotatable bonds is 5. The van der Waals surface area contributed by atoms with Crippen LogP contribution in [0.4, 0.5) is 5.69 Å². The zero-order valence-electron chi connectivity index (χ0n) is 18.1. The van der Waals surface area contributed by atoms with E-state index in [1.54, 1.807) is 0 Å². The zero-order valence-corrected chi connectivity index (χ0v) is 19.0. The van der Waals surface area contributed by atoms with Gasteiger partial charge in [0.25, 0.3) is 0 Å². The molecule has 1 aliphatic heterocycles. The van der Waals surface area contributed by atoms with E-state index in [0.717, 1.165) is 44.8 Å². The molecule has 1 saturated heterocycles. The van der Waals surface area contributed by atoms with E-state index in [9.17, 15) is 0 Å². The second-order valence-electron chi connectivity index (χ2n) is 8.67. The molecule has 0 bridgehead atoms. The Labute approximate surface area is 175 Å². The van der Waals surface area contributed by atoms with Gasteiger partial charge in [-0.25, -0.2) is 4.68 Å². The van der Waals surface area contributed by atoms with Gasteiger partial charge in [-0.2, -0.15) is 0 Å². The smallest absolute Gasteiger partial charge is 0.168 e. The van der Waals surface area contributed by atoms with Gasteiger partial charge in [-0.15, -0.1) is 17.5 Å². The second kappa shape index (κ2) is 9.23. The number of hydrogen-bond donors (Lipinski definition) is 0. The van der Waals surface area contributed by atoms with Crippen LogP contribution in [-0.2, 0) is 5.54 Å². The number of anilines is 1. The van der Waals surface area contributed by atoms with Crippen LogP contribution < -0.4 is 4.90 Å². The lowest BCUT2D eigenvalue weighted by molar-refractivity contribution is 0.156. The Morgan fingerprint density at radius 3 is 2.36 bits per heavy atom. The first-order chi connectivity index (χ1) is 12.8. The van der Waals surface area contributed by atoms with Crippen molar-refractivity contribution in [3.63, 3.8) is 0 Å². The first-order valence-electron chi connectivity index (χ1n) is 10.2. The van der Waals surface area contributed by atoms with Crippen LogP contribution in [-0.4, -0.2) is 51.3 Å². The molecule has 1 aromatic heterocycles. The Morgan fingerprint density at radius 2 is 1.75 bits per heavy atom. The highest BCUT2D eigenvalue weighted by Gasteiger charge is 2.31. The van der Waals surface area contributed by atoms with Gasteiger partial charge in [0, 0.05) is 31.9 Å². The van der Waals surface area contributed by atoms with Gasteiger partial charge in [-0.05, 0) is 68.7 Å². The molecule has 0 aliphatic carbocycles. The van der Waals surface area contributed by atoms with Gasteiger partial charge in [0.2, 0.25) is 0 Å². The topological polar surface area (TPSA) is 50.1 Å². The first kappa shape index (κ1) is 22.6. The third kappa shape index (κ3) is 4.66. The fraction of sp³-hybridized carbons (Fsp3) is 0.667. The molecule has 0 spiro atoms. The van der Waals surface area contributed by atoms with Gasteiger partial charge in [-0.1, -0.05) is 25.5 Å². The summed E-state index contributed by atoms with van der Waals surface area (Å²) in [4.78, 5) is 5.09. The predicted molar refractivity (Wildman–Crippen MR) is 117 cm³/mol. The highest BCUT2D eigenvalue weighted by atomic mass is 35.5. The molecule has 0 N–H and O–H groups in total. The van der Waals surface area contributed by atoms with Gasteiger partial charge in [0.1, 0.15) is 0 Å². The van der Waals surface area contributed by atoms with Gasteiger partial charge in [-0.3, -0.25) is 4.90 Å². The summed E-state index contributed by atoms with van der Waals surface area (Å²) in [7, 11) is 0. The largest absolute Gasteiger partial charge is 0.369 e. The number of halogens is 1. The molecule has 7 heteroatoms. The molecule has 156 valence electrons. The summed E-state index contributed by atoms with van der Waals surface area (Å²) in [5, 5.41) is 12.7. The molecule has 2 heterocycles. The molecule has 1 unspecified atom stereocenters. The molecule has 1 aliphatic rings. The van der Waals surface area contributed by atoms with Gasteiger partial charge in [0.15, 0.2) is 5.82 Å². The Bertz CT molecular complexity index is 758. The van der Waals surface area contributed by atoms with Crippen LogP contribution in [0.1, 0.15) is 63.5 Å². The Kier molecular flexibility index (Phi) is 7.46. The van der Waals surface area contributed by atoms with Crippen molar-refractivity contribution in [2.24, 2.45) is 0 Å².